The molecule has 3 aromatic rings. The molecule has 1 aliphatic rings. The molecular formula is C26H19BrCl2N2O4. The average molecular weight is 574 g/mol. The highest BCUT2D eigenvalue weighted by atomic mass is 79.9. The molecule has 0 spiro atoms. The van der Waals surface area contributed by atoms with Gasteiger partial charge in [0.15, 0.2) is 5.75 Å². The molecular weight excluding hydrogens is 555 g/mol. The molecule has 178 valence electrons. The lowest BCUT2D eigenvalue weighted by molar-refractivity contribution is 0.0734. The monoisotopic (exact) mass is 572 g/mol. The molecule has 4 rings (SSSR count). The Kier molecular flexibility index (Phi) is 7.56. The summed E-state index contributed by atoms with van der Waals surface area (Å²) < 4.78 is 17.6. The maximum absolute atomic E-state index is 12.8. The molecule has 0 aromatic heterocycles. The molecule has 1 aliphatic heterocycles. The van der Waals surface area contributed by atoms with Crippen molar-refractivity contribution in [3.8, 4) is 23.3 Å². The highest BCUT2D eigenvalue weighted by molar-refractivity contribution is 9.10. The molecule has 1 atom stereocenters. The minimum atomic E-state index is -0.657. The third-order valence-electron chi connectivity index (χ3n) is 5.30. The quantitative estimate of drug-likeness (QED) is 0.252. The van der Waals surface area contributed by atoms with Gasteiger partial charge in [-0.05, 0) is 36.2 Å². The van der Waals surface area contributed by atoms with Crippen LogP contribution in [-0.2, 0) is 0 Å². The Bertz CT molecular complexity index is 1360. The minimum Gasteiger partial charge on any atom is -0.490 e. The fourth-order valence-corrected chi connectivity index (χ4v) is 4.82. The zero-order valence-electron chi connectivity index (χ0n) is 18.5. The van der Waals surface area contributed by atoms with E-state index in [1.807, 2.05) is 31.2 Å². The van der Waals surface area contributed by atoms with E-state index in [2.05, 4.69) is 22.0 Å². The molecule has 0 radical (unpaired) electrons. The van der Waals surface area contributed by atoms with Gasteiger partial charge in [-0.1, -0.05) is 70.3 Å². The van der Waals surface area contributed by atoms with Gasteiger partial charge in [0.05, 0.1) is 28.1 Å². The van der Waals surface area contributed by atoms with E-state index >= 15 is 0 Å². The first kappa shape index (κ1) is 24.9. The second kappa shape index (κ2) is 10.6. The number of halogens is 3. The second-order valence-electron chi connectivity index (χ2n) is 7.65. The molecule has 0 saturated heterocycles. The van der Waals surface area contributed by atoms with E-state index in [9.17, 15) is 10.1 Å². The number of carbonyl (C=O) groups is 1. The van der Waals surface area contributed by atoms with Gasteiger partial charge in [0.2, 0.25) is 5.88 Å². The van der Waals surface area contributed by atoms with Crippen LogP contribution in [0.4, 0.5) is 0 Å². The molecule has 35 heavy (non-hydrogen) atoms. The first-order valence-electron chi connectivity index (χ1n) is 10.6. The summed E-state index contributed by atoms with van der Waals surface area (Å²) in [4.78, 5) is 12.8. The predicted octanol–water partition coefficient (Wildman–Crippen LogP) is 6.98. The number of esters is 1. The van der Waals surface area contributed by atoms with Crippen LogP contribution in [0.25, 0.3) is 0 Å². The van der Waals surface area contributed by atoms with Crippen molar-refractivity contribution in [2.45, 2.75) is 19.3 Å². The van der Waals surface area contributed by atoms with Crippen molar-refractivity contribution < 1.29 is 19.0 Å². The number of hydrogen-bond acceptors (Lipinski definition) is 6. The lowest BCUT2D eigenvalue weighted by Gasteiger charge is -2.27. The molecule has 1 heterocycles. The fourth-order valence-electron chi connectivity index (χ4n) is 3.71. The smallest absolute Gasteiger partial charge is 0.343 e. The molecule has 9 heteroatoms. The van der Waals surface area contributed by atoms with E-state index < -0.39 is 11.9 Å². The van der Waals surface area contributed by atoms with E-state index in [0.717, 1.165) is 16.5 Å². The summed E-state index contributed by atoms with van der Waals surface area (Å²) in [7, 11) is 0. The first-order valence-corrected chi connectivity index (χ1v) is 12.2. The summed E-state index contributed by atoms with van der Waals surface area (Å²) >= 11 is 16.1. The average Bonchev–Trinajstić information content (AvgIpc) is 2.83. The van der Waals surface area contributed by atoms with E-state index in [1.165, 1.54) is 12.1 Å². The minimum absolute atomic E-state index is 0.00883. The summed E-state index contributed by atoms with van der Waals surface area (Å²) in [5, 5.41) is 10.2. The molecule has 2 N–H and O–H groups in total. The molecule has 0 amide bonds. The predicted molar refractivity (Wildman–Crippen MR) is 137 cm³/mol. The highest BCUT2D eigenvalue weighted by Crippen LogP contribution is 2.45. The van der Waals surface area contributed by atoms with Crippen LogP contribution in [0.15, 0.2) is 70.5 Å². The summed E-state index contributed by atoms with van der Waals surface area (Å²) in [5.74, 6) is -0.182. The molecule has 0 saturated carbocycles. The van der Waals surface area contributed by atoms with Crippen LogP contribution >= 0.6 is 39.1 Å². The number of hydrogen-bond donors (Lipinski definition) is 1. The molecule has 0 bridgehead atoms. The van der Waals surface area contributed by atoms with Crippen molar-refractivity contribution in [3.63, 3.8) is 0 Å². The third-order valence-corrected chi connectivity index (χ3v) is 6.59. The summed E-state index contributed by atoms with van der Waals surface area (Å²) in [6.45, 7) is 2.41. The Morgan fingerprint density at radius 3 is 2.51 bits per heavy atom. The number of nitrogens with zero attached hydrogens (tertiary/aromatic N) is 1. The number of rotatable bonds is 6. The number of allylic oxidation sites excluding steroid dienone is 1. The lowest BCUT2D eigenvalue weighted by atomic mass is 9.83. The Hall–Kier alpha value is -3.18. The van der Waals surface area contributed by atoms with E-state index in [-0.39, 0.29) is 27.2 Å². The van der Waals surface area contributed by atoms with Gasteiger partial charge in [-0.25, -0.2) is 4.79 Å². The van der Waals surface area contributed by atoms with Gasteiger partial charge >= 0.3 is 5.97 Å². The third kappa shape index (κ3) is 5.10. The first-order chi connectivity index (χ1) is 16.8. The van der Waals surface area contributed by atoms with Crippen molar-refractivity contribution in [1.29, 1.82) is 5.26 Å². The van der Waals surface area contributed by atoms with Gasteiger partial charge < -0.3 is 19.9 Å². The number of nitriles is 1. The zero-order chi connectivity index (χ0) is 25.1. The van der Waals surface area contributed by atoms with Crippen molar-refractivity contribution in [2.75, 3.05) is 6.61 Å². The second-order valence-corrected chi connectivity index (χ2v) is 9.32. The maximum atomic E-state index is 12.8. The number of fused-ring (bicyclic) bond motifs is 1. The molecule has 3 aromatic carbocycles. The Morgan fingerprint density at radius 1 is 1.14 bits per heavy atom. The normalized spacial score (nSPS) is 14.5. The maximum Gasteiger partial charge on any atom is 0.343 e. The van der Waals surface area contributed by atoms with Gasteiger partial charge in [-0.2, -0.15) is 5.26 Å². The van der Waals surface area contributed by atoms with Crippen LogP contribution in [0.3, 0.4) is 0 Å². The highest BCUT2D eigenvalue weighted by Gasteiger charge is 2.32. The zero-order valence-corrected chi connectivity index (χ0v) is 21.6. The van der Waals surface area contributed by atoms with Crippen molar-refractivity contribution >= 4 is 45.1 Å². The van der Waals surface area contributed by atoms with Gasteiger partial charge in [0, 0.05) is 16.1 Å². The van der Waals surface area contributed by atoms with Crippen molar-refractivity contribution in [1.82, 2.24) is 0 Å². The SMILES string of the molecule is CCCOc1c(Cl)cc(C(=O)Oc2ccc3c(c2)OC(N)=C(C#N)C3c2ccccc2Br)cc1Cl. The Morgan fingerprint density at radius 2 is 1.86 bits per heavy atom. The van der Waals surface area contributed by atoms with Crippen molar-refractivity contribution in [3.05, 3.63) is 97.3 Å². The van der Waals surface area contributed by atoms with E-state index in [0.29, 0.717) is 29.2 Å². The topological polar surface area (TPSA) is 94.6 Å². The number of benzene rings is 3. The van der Waals surface area contributed by atoms with Crippen LogP contribution < -0.4 is 19.9 Å². The van der Waals surface area contributed by atoms with E-state index in [1.54, 1.807) is 18.2 Å². The molecule has 6 nitrogen and oxygen atoms in total. The van der Waals surface area contributed by atoms with Crippen LogP contribution in [0, 0.1) is 11.3 Å². The summed E-state index contributed by atoms with van der Waals surface area (Å²) in [6, 6.07) is 17.5. The Labute approximate surface area is 220 Å². The van der Waals surface area contributed by atoms with Crippen LogP contribution in [0.5, 0.6) is 17.2 Å². The molecule has 0 fully saturated rings. The van der Waals surface area contributed by atoms with Gasteiger partial charge in [0.1, 0.15) is 23.1 Å². The van der Waals surface area contributed by atoms with Crippen LogP contribution in [-0.4, -0.2) is 12.6 Å². The standard InChI is InChI=1S/C26H19BrCl2N2O4/c1-2-9-33-24-20(28)10-14(11-21(24)29)26(32)34-15-7-8-17-22(12-15)35-25(31)18(13-30)23(17)16-5-3-4-6-19(16)27/h3-8,10-12,23H,2,9,31H2,1H3. The van der Waals surface area contributed by atoms with Crippen LogP contribution in [0.2, 0.25) is 10.0 Å². The van der Waals surface area contributed by atoms with E-state index in [4.69, 9.17) is 43.1 Å². The number of nitrogens with two attached hydrogens (primary N) is 1. The van der Waals surface area contributed by atoms with Gasteiger partial charge in [-0.15, -0.1) is 0 Å². The fraction of sp³-hybridized carbons (Fsp3) is 0.154. The summed E-state index contributed by atoms with van der Waals surface area (Å²) in [5.41, 5.74) is 8.11. The van der Waals surface area contributed by atoms with Crippen LogP contribution in [0.1, 0.15) is 40.7 Å². The van der Waals surface area contributed by atoms with Gasteiger partial charge in [0.25, 0.3) is 0 Å². The molecule has 1 unspecified atom stereocenters. The lowest BCUT2D eigenvalue weighted by Crippen LogP contribution is -2.21. The van der Waals surface area contributed by atoms with Gasteiger partial charge in [-0.3, -0.25) is 0 Å². The van der Waals surface area contributed by atoms with Crippen molar-refractivity contribution in [2.24, 2.45) is 5.73 Å². The number of carbonyl (C=O) groups excluding carboxylic acids is 1. The largest absolute Gasteiger partial charge is 0.490 e. The Balaban J connectivity index is 1.64. The molecule has 0 aliphatic carbocycles. The summed E-state index contributed by atoms with van der Waals surface area (Å²) in [6.07, 6.45) is 0.786. The number of ether oxygens (including phenoxy) is 3.